The monoisotopic (exact) mass is 678 g/mol. The number of aliphatic hydroxyl groups is 1. The van der Waals surface area contributed by atoms with E-state index in [-0.39, 0.29) is 16.7 Å². The molecule has 3 aromatic rings. The van der Waals surface area contributed by atoms with Gasteiger partial charge in [-0.1, -0.05) is 54.6 Å². The average molecular weight is 679 g/mol. The fourth-order valence-corrected chi connectivity index (χ4v) is 5.25. The van der Waals surface area contributed by atoms with Gasteiger partial charge in [0.2, 0.25) is 0 Å². The molecule has 8 atom stereocenters. The van der Waals surface area contributed by atoms with Crippen molar-refractivity contribution in [1.29, 1.82) is 0 Å². The van der Waals surface area contributed by atoms with Gasteiger partial charge in [0.25, 0.3) is 0 Å². The van der Waals surface area contributed by atoms with E-state index in [0.29, 0.717) is 0 Å². The van der Waals surface area contributed by atoms with Gasteiger partial charge in [-0.15, -0.1) is 0 Å². The lowest BCUT2D eigenvalue weighted by Crippen LogP contribution is -2.58. The van der Waals surface area contributed by atoms with Crippen molar-refractivity contribution in [2.45, 2.75) is 63.1 Å². The summed E-state index contributed by atoms with van der Waals surface area (Å²) >= 11 is 0. The number of aliphatic hydroxyl groups excluding tert-OH is 1. The zero-order valence-corrected chi connectivity index (χ0v) is 26.4. The number of carbonyl (C=O) groups is 5. The second-order valence-electron chi connectivity index (χ2n) is 11.0. The molecule has 2 fully saturated rings. The molecule has 2 heterocycles. The third kappa shape index (κ3) is 9.06. The van der Waals surface area contributed by atoms with Gasteiger partial charge in [-0.2, -0.15) is 0 Å². The molecule has 3 aromatic carbocycles. The zero-order chi connectivity index (χ0) is 34.9. The highest BCUT2D eigenvalue weighted by molar-refractivity contribution is 5.91. The standard InChI is InChI=1S/C35H34O14/c1-20(36)44-27-25(19-43-34(41)29(27)45-21(2)37)46-35-30(49-33(40)24-16-10-5-11-17-24)28(48-32(39)23-14-8-4-9-15-23)26(47-35)18-42-31(38)22-12-6-3-7-13-22/h3-17,25-30,34-35,41H,18-19H2,1-2H3/t25-,26+,27+,28-,29-,30-,34+,35+/m1/s1. The van der Waals surface area contributed by atoms with Crippen molar-refractivity contribution in [2.75, 3.05) is 13.2 Å². The highest BCUT2D eigenvalue weighted by atomic mass is 16.8. The van der Waals surface area contributed by atoms with Crippen LogP contribution in [0.25, 0.3) is 0 Å². The van der Waals surface area contributed by atoms with E-state index in [1.807, 2.05) is 0 Å². The van der Waals surface area contributed by atoms with Gasteiger partial charge in [0, 0.05) is 13.8 Å². The van der Waals surface area contributed by atoms with Crippen LogP contribution in [0.15, 0.2) is 91.0 Å². The molecular weight excluding hydrogens is 644 g/mol. The van der Waals surface area contributed by atoms with Crippen LogP contribution in [-0.2, 0) is 47.5 Å². The van der Waals surface area contributed by atoms with Crippen LogP contribution in [-0.4, -0.2) is 97.4 Å². The summed E-state index contributed by atoms with van der Waals surface area (Å²) < 4.78 is 45.5. The topological polar surface area (TPSA) is 179 Å². The molecule has 0 bridgehead atoms. The van der Waals surface area contributed by atoms with Crippen molar-refractivity contribution < 1.29 is 67.0 Å². The summed E-state index contributed by atoms with van der Waals surface area (Å²) in [6.07, 6.45) is -11.5. The zero-order valence-electron chi connectivity index (χ0n) is 26.4. The van der Waals surface area contributed by atoms with Gasteiger partial charge in [0.1, 0.15) is 18.8 Å². The molecule has 0 aliphatic carbocycles. The van der Waals surface area contributed by atoms with Crippen LogP contribution >= 0.6 is 0 Å². The van der Waals surface area contributed by atoms with E-state index in [4.69, 9.17) is 37.9 Å². The van der Waals surface area contributed by atoms with E-state index in [2.05, 4.69) is 0 Å². The minimum atomic E-state index is -1.67. The van der Waals surface area contributed by atoms with Gasteiger partial charge in [0.15, 0.2) is 37.0 Å². The normalized spacial score (nSPS) is 26.2. The van der Waals surface area contributed by atoms with Gasteiger partial charge < -0.3 is 43.0 Å². The maximum atomic E-state index is 13.4. The Bertz CT molecular complexity index is 1600. The molecule has 0 radical (unpaired) electrons. The molecule has 2 saturated heterocycles. The first-order valence-corrected chi connectivity index (χ1v) is 15.3. The lowest BCUT2D eigenvalue weighted by molar-refractivity contribution is -0.297. The Hall–Kier alpha value is -5.15. The predicted octanol–water partition coefficient (Wildman–Crippen LogP) is 2.62. The number of benzene rings is 3. The molecule has 0 aromatic heterocycles. The predicted molar refractivity (Wildman–Crippen MR) is 165 cm³/mol. The van der Waals surface area contributed by atoms with Gasteiger partial charge in [-0.25, -0.2) is 14.4 Å². The van der Waals surface area contributed by atoms with Crippen molar-refractivity contribution in [2.24, 2.45) is 0 Å². The van der Waals surface area contributed by atoms with E-state index >= 15 is 0 Å². The second kappa shape index (κ2) is 16.3. The first kappa shape index (κ1) is 35.2. The molecule has 49 heavy (non-hydrogen) atoms. The Morgan fingerprint density at radius 1 is 0.633 bits per heavy atom. The number of ether oxygens (including phenoxy) is 8. The molecule has 2 aliphatic heterocycles. The van der Waals surface area contributed by atoms with Gasteiger partial charge in [-0.3, -0.25) is 9.59 Å². The van der Waals surface area contributed by atoms with Crippen LogP contribution < -0.4 is 0 Å². The van der Waals surface area contributed by atoms with Gasteiger partial charge in [0.05, 0.1) is 23.3 Å². The molecule has 14 nitrogen and oxygen atoms in total. The van der Waals surface area contributed by atoms with E-state index in [0.717, 1.165) is 13.8 Å². The molecular formula is C35H34O14. The Kier molecular flexibility index (Phi) is 11.7. The third-order valence-corrected chi connectivity index (χ3v) is 7.48. The van der Waals surface area contributed by atoms with Crippen molar-refractivity contribution in [3.63, 3.8) is 0 Å². The minimum absolute atomic E-state index is 0.158. The van der Waals surface area contributed by atoms with E-state index in [1.165, 1.54) is 24.3 Å². The Morgan fingerprint density at radius 3 is 1.61 bits per heavy atom. The van der Waals surface area contributed by atoms with E-state index in [9.17, 15) is 29.1 Å². The summed E-state index contributed by atoms with van der Waals surface area (Å²) in [7, 11) is 0. The smallest absolute Gasteiger partial charge is 0.338 e. The number of hydrogen-bond acceptors (Lipinski definition) is 14. The Labute approximate surface area is 280 Å². The molecule has 0 spiro atoms. The van der Waals surface area contributed by atoms with Crippen molar-refractivity contribution in [1.82, 2.24) is 0 Å². The average Bonchev–Trinajstić information content (AvgIpc) is 3.41. The fourth-order valence-electron chi connectivity index (χ4n) is 5.25. The lowest BCUT2D eigenvalue weighted by atomic mass is 10.0. The third-order valence-electron chi connectivity index (χ3n) is 7.48. The number of esters is 5. The first-order valence-electron chi connectivity index (χ1n) is 15.3. The van der Waals surface area contributed by atoms with Gasteiger partial charge in [-0.05, 0) is 36.4 Å². The van der Waals surface area contributed by atoms with E-state index < -0.39 is 92.3 Å². The van der Waals surface area contributed by atoms with Crippen LogP contribution in [0.1, 0.15) is 44.9 Å². The summed E-state index contributed by atoms with van der Waals surface area (Å²) in [5, 5.41) is 10.4. The molecule has 0 saturated carbocycles. The van der Waals surface area contributed by atoms with Crippen LogP contribution in [0.2, 0.25) is 0 Å². The minimum Gasteiger partial charge on any atom is -0.459 e. The van der Waals surface area contributed by atoms with Crippen LogP contribution in [0.3, 0.4) is 0 Å². The summed E-state index contributed by atoms with van der Waals surface area (Å²) in [5.41, 5.74) is 0.579. The van der Waals surface area contributed by atoms with E-state index in [1.54, 1.807) is 66.7 Å². The molecule has 0 amide bonds. The summed E-state index contributed by atoms with van der Waals surface area (Å²) in [4.78, 5) is 63.5. The fraction of sp³-hybridized carbons (Fsp3) is 0.343. The highest BCUT2D eigenvalue weighted by Crippen LogP contribution is 2.33. The van der Waals surface area contributed by atoms with Crippen molar-refractivity contribution >= 4 is 29.8 Å². The van der Waals surface area contributed by atoms with Crippen LogP contribution in [0.5, 0.6) is 0 Å². The molecule has 258 valence electrons. The van der Waals surface area contributed by atoms with Gasteiger partial charge >= 0.3 is 29.8 Å². The molecule has 1 N–H and O–H groups in total. The molecule has 0 unspecified atom stereocenters. The Morgan fingerprint density at radius 2 is 1.10 bits per heavy atom. The Balaban J connectivity index is 1.47. The summed E-state index contributed by atoms with van der Waals surface area (Å²) in [5.74, 6) is -3.91. The highest BCUT2D eigenvalue weighted by Gasteiger charge is 2.54. The largest absolute Gasteiger partial charge is 0.459 e. The number of rotatable bonds is 11. The SMILES string of the molecule is CC(=O)O[C@@H]1[C@@H](OC(C)=O)[C@H](O[C@H]2O[C@@H](COC(=O)c3ccccc3)[C@@H](OC(=O)c3ccccc3)[C@H]2OC(=O)c2ccccc2)CO[C@@H]1O. The maximum absolute atomic E-state index is 13.4. The summed E-state index contributed by atoms with van der Waals surface area (Å²) in [6, 6.07) is 24.1. The van der Waals surface area contributed by atoms with Crippen molar-refractivity contribution in [3.8, 4) is 0 Å². The van der Waals surface area contributed by atoms with Crippen LogP contribution in [0.4, 0.5) is 0 Å². The molecule has 2 aliphatic rings. The molecule has 14 heteroatoms. The first-order chi connectivity index (χ1) is 23.6. The van der Waals surface area contributed by atoms with Crippen molar-refractivity contribution in [3.05, 3.63) is 108 Å². The quantitative estimate of drug-likeness (QED) is 0.231. The van der Waals surface area contributed by atoms with Crippen LogP contribution in [0, 0.1) is 0 Å². The lowest BCUT2D eigenvalue weighted by Gasteiger charge is -2.40. The number of carbonyl (C=O) groups excluding carboxylic acids is 5. The molecule has 5 rings (SSSR count). The second-order valence-corrected chi connectivity index (χ2v) is 11.0. The number of hydrogen-bond donors (Lipinski definition) is 1. The maximum Gasteiger partial charge on any atom is 0.338 e. The summed E-state index contributed by atoms with van der Waals surface area (Å²) in [6.45, 7) is 1.34.